The molecule has 0 unspecified atom stereocenters. The Hall–Kier alpha value is -1.63. The number of anilines is 2. The SMILES string of the molecule is CNC(=S)N[C@H]1CC[C@@H](Nc2nc3c(c(N(C)C)n2)CCCC3)CC1. The maximum atomic E-state index is 5.20. The molecule has 0 atom stereocenters. The first kappa shape index (κ1) is 18.2. The molecular weight excluding hydrogens is 332 g/mol. The van der Waals surface area contributed by atoms with Crippen LogP contribution >= 0.6 is 12.2 Å². The lowest BCUT2D eigenvalue weighted by Gasteiger charge is -2.31. The molecular formula is C18H30N6S. The third kappa shape index (κ3) is 4.51. The van der Waals surface area contributed by atoms with Gasteiger partial charge in [0, 0.05) is 38.8 Å². The van der Waals surface area contributed by atoms with Gasteiger partial charge in [-0.3, -0.25) is 0 Å². The van der Waals surface area contributed by atoms with Gasteiger partial charge in [-0.1, -0.05) is 0 Å². The smallest absolute Gasteiger partial charge is 0.225 e. The lowest BCUT2D eigenvalue weighted by Crippen LogP contribution is -2.43. The van der Waals surface area contributed by atoms with E-state index in [1.54, 1.807) is 0 Å². The van der Waals surface area contributed by atoms with E-state index in [9.17, 15) is 0 Å². The number of fused-ring (bicyclic) bond motifs is 1. The molecule has 0 saturated heterocycles. The average Bonchev–Trinajstić information content (AvgIpc) is 2.62. The Morgan fingerprint density at radius 3 is 2.40 bits per heavy atom. The van der Waals surface area contributed by atoms with Gasteiger partial charge in [0.05, 0.1) is 5.69 Å². The van der Waals surface area contributed by atoms with Gasteiger partial charge in [-0.25, -0.2) is 4.98 Å². The molecule has 138 valence electrons. The Bertz CT molecular complexity index is 610. The molecule has 0 aromatic carbocycles. The Labute approximate surface area is 156 Å². The second-order valence-electron chi connectivity index (χ2n) is 7.31. The highest BCUT2D eigenvalue weighted by atomic mass is 32.1. The number of hydrogen-bond acceptors (Lipinski definition) is 5. The van der Waals surface area contributed by atoms with Crippen LogP contribution in [0.3, 0.4) is 0 Å². The zero-order valence-electron chi connectivity index (χ0n) is 15.6. The largest absolute Gasteiger partial charge is 0.366 e. The van der Waals surface area contributed by atoms with Crippen molar-refractivity contribution in [1.29, 1.82) is 0 Å². The third-order valence-corrected chi connectivity index (χ3v) is 5.53. The molecule has 1 heterocycles. The highest BCUT2D eigenvalue weighted by Crippen LogP contribution is 2.29. The second-order valence-corrected chi connectivity index (χ2v) is 7.72. The van der Waals surface area contributed by atoms with Gasteiger partial charge in [-0.05, 0) is 63.6 Å². The van der Waals surface area contributed by atoms with Gasteiger partial charge >= 0.3 is 0 Å². The predicted octanol–water partition coefficient (Wildman–Crippen LogP) is 2.24. The number of nitrogens with zero attached hydrogens (tertiary/aromatic N) is 3. The zero-order valence-corrected chi connectivity index (χ0v) is 16.4. The van der Waals surface area contributed by atoms with Crippen molar-refractivity contribution in [3.63, 3.8) is 0 Å². The second kappa shape index (κ2) is 8.17. The van der Waals surface area contributed by atoms with Gasteiger partial charge in [0.25, 0.3) is 0 Å². The summed E-state index contributed by atoms with van der Waals surface area (Å²) in [6.45, 7) is 0. The minimum atomic E-state index is 0.442. The topological polar surface area (TPSA) is 65.1 Å². The van der Waals surface area contributed by atoms with Crippen molar-refractivity contribution >= 4 is 29.1 Å². The molecule has 0 bridgehead atoms. The molecule has 0 radical (unpaired) electrons. The first-order valence-electron chi connectivity index (χ1n) is 9.38. The van der Waals surface area contributed by atoms with Crippen LogP contribution in [0.25, 0.3) is 0 Å². The van der Waals surface area contributed by atoms with Crippen LogP contribution in [0.1, 0.15) is 49.8 Å². The molecule has 25 heavy (non-hydrogen) atoms. The van der Waals surface area contributed by atoms with Crippen molar-refractivity contribution < 1.29 is 0 Å². The summed E-state index contributed by atoms with van der Waals surface area (Å²) >= 11 is 5.20. The van der Waals surface area contributed by atoms with Crippen LogP contribution in [0.2, 0.25) is 0 Å². The molecule has 3 N–H and O–H groups in total. The molecule has 1 aromatic heterocycles. The maximum absolute atomic E-state index is 5.20. The highest BCUT2D eigenvalue weighted by Gasteiger charge is 2.24. The summed E-state index contributed by atoms with van der Waals surface area (Å²) in [6.07, 6.45) is 9.12. The Kier molecular flexibility index (Phi) is 5.93. The zero-order chi connectivity index (χ0) is 17.8. The molecule has 1 saturated carbocycles. The fraction of sp³-hybridized carbons (Fsp3) is 0.722. The summed E-state index contributed by atoms with van der Waals surface area (Å²) in [5, 5.41) is 10.7. The van der Waals surface area contributed by atoms with Gasteiger partial charge in [0.15, 0.2) is 5.11 Å². The number of aryl methyl sites for hydroxylation is 1. The molecule has 3 rings (SSSR count). The van der Waals surface area contributed by atoms with E-state index in [-0.39, 0.29) is 0 Å². The molecule has 0 aliphatic heterocycles. The van der Waals surface area contributed by atoms with E-state index in [1.165, 1.54) is 24.1 Å². The van der Waals surface area contributed by atoms with Crippen LogP contribution < -0.4 is 20.9 Å². The minimum Gasteiger partial charge on any atom is -0.366 e. The molecule has 7 heteroatoms. The normalized spacial score (nSPS) is 22.7. The molecule has 0 spiro atoms. The van der Waals surface area contributed by atoms with Crippen LogP contribution in [-0.4, -0.2) is 48.3 Å². The van der Waals surface area contributed by atoms with Crippen LogP contribution in [-0.2, 0) is 12.8 Å². The fourth-order valence-corrected chi connectivity index (χ4v) is 4.00. The molecule has 2 aliphatic rings. The summed E-state index contributed by atoms with van der Waals surface area (Å²) in [5.74, 6) is 1.88. The number of rotatable bonds is 4. The minimum absolute atomic E-state index is 0.442. The predicted molar refractivity (Wildman–Crippen MR) is 107 cm³/mol. The first-order chi connectivity index (χ1) is 12.1. The third-order valence-electron chi connectivity index (χ3n) is 5.21. The van der Waals surface area contributed by atoms with Gasteiger partial charge in [0.1, 0.15) is 5.82 Å². The van der Waals surface area contributed by atoms with E-state index in [4.69, 9.17) is 22.2 Å². The summed E-state index contributed by atoms with van der Waals surface area (Å²) < 4.78 is 0. The standard InChI is InChI=1S/C18H30N6S/c1-19-18(25)21-13-10-8-12(9-11-13)20-17-22-15-7-5-4-6-14(15)16(23-17)24(2)3/h12-13H,4-11H2,1-3H3,(H2,19,21,25)(H,20,22,23)/t12-,13+. The Morgan fingerprint density at radius 2 is 1.72 bits per heavy atom. The van der Waals surface area contributed by atoms with E-state index < -0.39 is 0 Å². The van der Waals surface area contributed by atoms with Crippen molar-refractivity contribution in [2.24, 2.45) is 0 Å². The summed E-state index contributed by atoms with van der Waals surface area (Å²) in [7, 11) is 6.00. The van der Waals surface area contributed by atoms with Crippen molar-refractivity contribution in [2.45, 2.75) is 63.5 Å². The van der Waals surface area contributed by atoms with Gasteiger partial charge in [0.2, 0.25) is 5.95 Å². The van der Waals surface area contributed by atoms with Crippen LogP contribution in [0, 0.1) is 0 Å². The summed E-state index contributed by atoms with van der Waals surface area (Å²) in [6, 6.07) is 0.914. The molecule has 6 nitrogen and oxygen atoms in total. The lowest BCUT2D eigenvalue weighted by atomic mass is 9.91. The average molecular weight is 363 g/mol. The summed E-state index contributed by atoms with van der Waals surface area (Å²) in [5.41, 5.74) is 2.58. The fourth-order valence-electron chi connectivity index (χ4n) is 3.83. The number of aromatic nitrogens is 2. The Morgan fingerprint density at radius 1 is 1.04 bits per heavy atom. The lowest BCUT2D eigenvalue weighted by molar-refractivity contribution is 0.386. The molecule has 1 fully saturated rings. The van der Waals surface area contributed by atoms with E-state index in [0.29, 0.717) is 12.1 Å². The van der Waals surface area contributed by atoms with Crippen molar-refractivity contribution in [3.05, 3.63) is 11.3 Å². The number of thiocarbonyl (C=S) groups is 1. The van der Waals surface area contributed by atoms with Gasteiger partial charge in [-0.15, -0.1) is 0 Å². The first-order valence-corrected chi connectivity index (χ1v) is 9.79. The molecule has 0 amide bonds. The van der Waals surface area contributed by atoms with Crippen LogP contribution in [0.5, 0.6) is 0 Å². The van der Waals surface area contributed by atoms with E-state index >= 15 is 0 Å². The maximum Gasteiger partial charge on any atom is 0.225 e. The number of hydrogen-bond donors (Lipinski definition) is 3. The Balaban J connectivity index is 1.64. The molecule has 1 aromatic rings. The van der Waals surface area contributed by atoms with Crippen LogP contribution in [0.4, 0.5) is 11.8 Å². The van der Waals surface area contributed by atoms with E-state index in [2.05, 4.69) is 34.9 Å². The molecule has 2 aliphatic carbocycles. The van der Waals surface area contributed by atoms with E-state index in [1.807, 2.05) is 7.05 Å². The monoisotopic (exact) mass is 362 g/mol. The van der Waals surface area contributed by atoms with Gasteiger partial charge < -0.3 is 20.9 Å². The van der Waals surface area contributed by atoms with Crippen molar-refractivity contribution in [1.82, 2.24) is 20.6 Å². The number of nitrogens with one attached hydrogen (secondary N) is 3. The van der Waals surface area contributed by atoms with Gasteiger partial charge in [-0.2, -0.15) is 4.98 Å². The highest BCUT2D eigenvalue weighted by molar-refractivity contribution is 7.80. The quantitative estimate of drug-likeness (QED) is 0.710. The van der Waals surface area contributed by atoms with Crippen molar-refractivity contribution in [3.8, 4) is 0 Å². The van der Waals surface area contributed by atoms with Crippen molar-refractivity contribution in [2.75, 3.05) is 31.4 Å². The summed E-state index contributed by atoms with van der Waals surface area (Å²) in [4.78, 5) is 11.8. The van der Waals surface area contributed by atoms with E-state index in [0.717, 1.165) is 55.4 Å². The van der Waals surface area contributed by atoms with Crippen LogP contribution in [0.15, 0.2) is 0 Å².